The SMILES string of the molecule is CC(C)(C)NCc1ccc(OCOCC2CC2)cn1. The van der Waals surface area contributed by atoms with Gasteiger partial charge in [0.2, 0.25) is 0 Å². The second kappa shape index (κ2) is 6.35. The van der Waals surface area contributed by atoms with Crippen molar-refractivity contribution in [3.05, 3.63) is 24.0 Å². The molecule has 106 valence electrons. The Balaban J connectivity index is 1.68. The van der Waals surface area contributed by atoms with E-state index >= 15 is 0 Å². The summed E-state index contributed by atoms with van der Waals surface area (Å²) < 4.78 is 10.9. The Bertz CT molecular complexity index is 380. The molecule has 1 N–H and O–H groups in total. The third-order valence-corrected chi connectivity index (χ3v) is 2.96. The minimum Gasteiger partial charge on any atom is -0.466 e. The summed E-state index contributed by atoms with van der Waals surface area (Å²) in [7, 11) is 0. The Labute approximate surface area is 115 Å². The Hall–Kier alpha value is -1.13. The summed E-state index contributed by atoms with van der Waals surface area (Å²) in [5, 5.41) is 3.40. The molecule has 0 bridgehead atoms. The quantitative estimate of drug-likeness (QED) is 0.607. The average Bonchev–Trinajstić information content (AvgIpc) is 3.17. The van der Waals surface area contributed by atoms with Gasteiger partial charge in [0.15, 0.2) is 6.79 Å². The minimum absolute atomic E-state index is 0.105. The summed E-state index contributed by atoms with van der Waals surface area (Å²) in [6, 6.07) is 3.92. The Morgan fingerprint density at radius 1 is 1.32 bits per heavy atom. The van der Waals surface area contributed by atoms with E-state index in [0.29, 0.717) is 6.79 Å². The standard InChI is InChI=1S/C15H24N2O2/c1-15(2,3)17-8-13-6-7-14(9-16-13)19-11-18-10-12-4-5-12/h6-7,9,12,17H,4-5,8,10-11H2,1-3H3. The predicted octanol–water partition coefficient (Wildman–Crippen LogP) is 2.73. The molecule has 0 radical (unpaired) electrons. The van der Waals surface area contributed by atoms with Gasteiger partial charge in [-0.15, -0.1) is 0 Å². The summed E-state index contributed by atoms with van der Waals surface area (Å²) in [6.07, 6.45) is 4.36. The van der Waals surface area contributed by atoms with E-state index in [9.17, 15) is 0 Å². The first-order chi connectivity index (χ1) is 9.03. The Morgan fingerprint density at radius 3 is 2.68 bits per heavy atom. The first kappa shape index (κ1) is 14.3. The second-order valence-corrected chi connectivity index (χ2v) is 6.17. The van der Waals surface area contributed by atoms with Crippen molar-refractivity contribution in [3.63, 3.8) is 0 Å². The number of hydrogen-bond acceptors (Lipinski definition) is 4. The molecule has 4 nitrogen and oxygen atoms in total. The zero-order valence-corrected chi connectivity index (χ0v) is 12.1. The smallest absolute Gasteiger partial charge is 0.189 e. The van der Waals surface area contributed by atoms with Crippen molar-refractivity contribution >= 4 is 0 Å². The van der Waals surface area contributed by atoms with E-state index in [-0.39, 0.29) is 5.54 Å². The van der Waals surface area contributed by atoms with Gasteiger partial charge in [0.1, 0.15) is 5.75 Å². The molecule has 4 heteroatoms. The number of ether oxygens (including phenoxy) is 2. The molecule has 2 rings (SSSR count). The van der Waals surface area contributed by atoms with Crippen LogP contribution in [-0.4, -0.2) is 23.9 Å². The van der Waals surface area contributed by atoms with Crippen LogP contribution in [0.2, 0.25) is 0 Å². The monoisotopic (exact) mass is 264 g/mol. The van der Waals surface area contributed by atoms with E-state index in [1.165, 1.54) is 12.8 Å². The first-order valence-corrected chi connectivity index (χ1v) is 6.93. The molecule has 1 heterocycles. The van der Waals surface area contributed by atoms with Gasteiger partial charge < -0.3 is 14.8 Å². The third kappa shape index (κ3) is 6.03. The fourth-order valence-corrected chi connectivity index (χ4v) is 1.57. The highest BCUT2D eigenvalue weighted by atomic mass is 16.7. The van der Waals surface area contributed by atoms with Gasteiger partial charge in [-0.05, 0) is 51.7 Å². The van der Waals surface area contributed by atoms with Crippen molar-refractivity contribution in [3.8, 4) is 5.75 Å². The molecule has 1 aliphatic carbocycles. The summed E-state index contributed by atoms with van der Waals surface area (Å²) in [4.78, 5) is 4.36. The maximum atomic E-state index is 5.48. The highest BCUT2D eigenvalue weighted by Crippen LogP contribution is 2.28. The number of hydrogen-bond donors (Lipinski definition) is 1. The van der Waals surface area contributed by atoms with E-state index < -0.39 is 0 Å². The van der Waals surface area contributed by atoms with Gasteiger partial charge >= 0.3 is 0 Å². The van der Waals surface area contributed by atoms with Crippen LogP contribution in [0.4, 0.5) is 0 Å². The van der Waals surface area contributed by atoms with Crippen LogP contribution in [-0.2, 0) is 11.3 Å². The van der Waals surface area contributed by atoms with Crippen molar-refractivity contribution in [2.45, 2.75) is 45.7 Å². The van der Waals surface area contributed by atoms with Crippen LogP contribution in [0.25, 0.3) is 0 Å². The molecule has 1 fully saturated rings. The van der Waals surface area contributed by atoms with E-state index in [1.807, 2.05) is 12.1 Å². The molecule has 0 spiro atoms. The largest absolute Gasteiger partial charge is 0.466 e. The van der Waals surface area contributed by atoms with Crippen LogP contribution in [0.3, 0.4) is 0 Å². The Morgan fingerprint density at radius 2 is 2.11 bits per heavy atom. The lowest BCUT2D eigenvalue weighted by Crippen LogP contribution is -2.35. The lowest BCUT2D eigenvalue weighted by Gasteiger charge is -2.20. The van der Waals surface area contributed by atoms with Crippen molar-refractivity contribution in [2.24, 2.45) is 5.92 Å². The van der Waals surface area contributed by atoms with Crippen molar-refractivity contribution in [2.75, 3.05) is 13.4 Å². The van der Waals surface area contributed by atoms with Gasteiger partial charge in [0.25, 0.3) is 0 Å². The molecule has 1 aliphatic rings. The van der Waals surface area contributed by atoms with Crippen molar-refractivity contribution in [1.29, 1.82) is 0 Å². The predicted molar refractivity (Wildman–Crippen MR) is 75.0 cm³/mol. The molecule has 0 unspecified atom stereocenters. The number of pyridine rings is 1. The van der Waals surface area contributed by atoms with E-state index in [0.717, 1.165) is 30.5 Å². The molecule has 0 aromatic carbocycles. The van der Waals surface area contributed by atoms with Gasteiger partial charge in [-0.2, -0.15) is 0 Å². The van der Waals surface area contributed by atoms with Gasteiger partial charge in [-0.1, -0.05) is 0 Å². The van der Waals surface area contributed by atoms with E-state index in [1.54, 1.807) is 6.20 Å². The highest BCUT2D eigenvalue weighted by molar-refractivity contribution is 5.19. The third-order valence-electron chi connectivity index (χ3n) is 2.96. The molecule has 1 aromatic rings. The maximum Gasteiger partial charge on any atom is 0.189 e. The van der Waals surface area contributed by atoms with Crippen LogP contribution in [0.15, 0.2) is 18.3 Å². The second-order valence-electron chi connectivity index (χ2n) is 6.17. The lowest BCUT2D eigenvalue weighted by atomic mass is 10.1. The van der Waals surface area contributed by atoms with E-state index in [4.69, 9.17) is 9.47 Å². The van der Waals surface area contributed by atoms with Crippen LogP contribution >= 0.6 is 0 Å². The molecule has 0 atom stereocenters. The number of aromatic nitrogens is 1. The fourth-order valence-electron chi connectivity index (χ4n) is 1.57. The summed E-state index contributed by atoms with van der Waals surface area (Å²) in [6.45, 7) is 8.33. The minimum atomic E-state index is 0.105. The van der Waals surface area contributed by atoms with Gasteiger partial charge in [-0.25, -0.2) is 0 Å². The lowest BCUT2D eigenvalue weighted by molar-refractivity contribution is 0.00977. The molecule has 19 heavy (non-hydrogen) atoms. The van der Waals surface area contributed by atoms with Crippen LogP contribution < -0.4 is 10.1 Å². The number of rotatable bonds is 7. The number of nitrogens with zero attached hydrogens (tertiary/aromatic N) is 1. The molecular weight excluding hydrogens is 240 g/mol. The van der Waals surface area contributed by atoms with Crippen LogP contribution in [0.1, 0.15) is 39.3 Å². The van der Waals surface area contributed by atoms with Crippen molar-refractivity contribution in [1.82, 2.24) is 10.3 Å². The van der Waals surface area contributed by atoms with Gasteiger partial charge in [0.05, 0.1) is 18.5 Å². The number of nitrogens with one attached hydrogen (secondary N) is 1. The van der Waals surface area contributed by atoms with Crippen LogP contribution in [0, 0.1) is 5.92 Å². The topological polar surface area (TPSA) is 43.4 Å². The fraction of sp³-hybridized carbons (Fsp3) is 0.667. The maximum absolute atomic E-state index is 5.48. The molecule has 1 saturated carbocycles. The summed E-state index contributed by atoms with van der Waals surface area (Å²) >= 11 is 0. The highest BCUT2D eigenvalue weighted by Gasteiger charge is 2.21. The van der Waals surface area contributed by atoms with Crippen molar-refractivity contribution < 1.29 is 9.47 Å². The van der Waals surface area contributed by atoms with Gasteiger partial charge in [0, 0.05) is 12.1 Å². The van der Waals surface area contributed by atoms with E-state index in [2.05, 4.69) is 31.1 Å². The molecule has 1 aromatic heterocycles. The zero-order valence-electron chi connectivity index (χ0n) is 12.1. The average molecular weight is 264 g/mol. The zero-order chi connectivity index (χ0) is 13.7. The normalized spacial score (nSPS) is 15.5. The summed E-state index contributed by atoms with van der Waals surface area (Å²) in [5.74, 6) is 1.53. The first-order valence-electron chi connectivity index (χ1n) is 6.93. The summed E-state index contributed by atoms with van der Waals surface area (Å²) in [5.41, 5.74) is 1.12. The molecule has 0 aliphatic heterocycles. The van der Waals surface area contributed by atoms with Crippen LogP contribution in [0.5, 0.6) is 5.75 Å². The molecule has 0 saturated heterocycles. The molecular formula is C15H24N2O2. The van der Waals surface area contributed by atoms with Gasteiger partial charge in [-0.3, -0.25) is 4.98 Å². The molecule has 0 amide bonds. The Kier molecular flexibility index (Phi) is 4.77.